The summed E-state index contributed by atoms with van der Waals surface area (Å²) < 4.78 is 40.4. The summed E-state index contributed by atoms with van der Waals surface area (Å²) in [6, 6.07) is 18.4. The number of hydrogen-bond donors (Lipinski definition) is 2. The maximum absolute atomic E-state index is 13.4. The van der Waals surface area contributed by atoms with Crippen molar-refractivity contribution in [1.82, 2.24) is 19.8 Å². The monoisotopic (exact) mass is 615 g/mol. The quantitative estimate of drug-likeness (QED) is 0.255. The first kappa shape index (κ1) is 30.0. The van der Waals surface area contributed by atoms with E-state index in [1.54, 1.807) is 38.3 Å². The Morgan fingerprint density at radius 1 is 1.00 bits per heavy atom. The zero-order chi connectivity index (χ0) is 30.7. The molecule has 3 heterocycles. The van der Waals surface area contributed by atoms with Gasteiger partial charge in [-0.25, -0.2) is 13.1 Å². The second kappa shape index (κ2) is 12.9. The van der Waals surface area contributed by atoms with Crippen molar-refractivity contribution in [2.24, 2.45) is 0 Å². The van der Waals surface area contributed by atoms with Crippen LogP contribution in [0.4, 0.5) is 11.5 Å². The van der Waals surface area contributed by atoms with Gasteiger partial charge in [-0.3, -0.25) is 4.79 Å². The molecule has 2 saturated heterocycles. The molecule has 11 heteroatoms. The minimum Gasteiger partial charge on any atom is -0.496 e. The van der Waals surface area contributed by atoms with E-state index in [4.69, 9.17) is 9.47 Å². The van der Waals surface area contributed by atoms with Crippen molar-refractivity contribution in [3.63, 3.8) is 0 Å². The maximum atomic E-state index is 13.4. The Balaban J connectivity index is 1.31. The van der Waals surface area contributed by atoms with Gasteiger partial charge in [0, 0.05) is 48.3 Å². The van der Waals surface area contributed by atoms with Crippen molar-refractivity contribution in [3.8, 4) is 17.0 Å². The fourth-order valence-corrected chi connectivity index (χ4v) is 7.22. The number of carbonyl (C=O) groups excluding carboxylic acids is 1. The first-order valence-corrected chi connectivity index (χ1v) is 16.5. The van der Waals surface area contributed by atoms with E-state index in [1.165, 1.54) is 0 Å². The van der Waals surface area contributed by atoms with E-state index in [-0.39, 0.29) is 23.5 Å². The summed E-state index contributed by atoms with van der Waals surface area (Å²) in [6.45, 7) is 4.16. The first-order chi connectivity index (χ1) is 21.3. The summed E-state index contributed by atoms with van der Waals surface area (Å²) in [5.41, 5.74) is 3.02. The molecule has 0 radical (unpaired) electrons. The van der Waals surface area contributed by atoms with Crippen LogP contribution in [0.2, 0.25) is 0 Å². The lowest BCUT2D eigenvalue weighted by atomic mass is 10.0. The first-order valence-electron chi connectivity index (χ1n) is 15.1. The Morgan fingerprint density at radius 2 is 1.80 bits per heavy atom. The molecule has 1 amide bonds. The minimum atomic E-state index is -3.77. The van der Waals surface area contributed by atoms with Gasteiger partial charge in [-0.15, -0.1) is 10.2 Å². The van der Waals surface area contributed by atoms with Gasteiger partial charge in [0.05, 0.1) is 23.7 Å². The van der Waals surface area contributed by atoms with E-state index in [0.717, 1.165) is 56.0 Å². The number of likely N-dealkylation sites (tertiary alicyclic amines) is 1. The number of rotatable bonds is 9. The third-order valence-electron chi connectivity index (χ3n) is 8.30. The van der Waals surface area contributed by atoms with Crippen molar-refractivity contribution < 1.29 is 22.7 Å². The molecule has 3 aromatic carbocycles. The summed E-state index contributed by atoms with van der Waals surface area (Å²) in [5.74, 6) is 0.990. The van der Waals surface area contributed by atoms with Gasteiger partial charge >= 0.3 is 0 Å². The number of anilines is 2. The Morgan fingerprint density at radius 3 is 2.55 bits per heavy atom. The van der Waals surface area contributed by atoms with E-state index in [9.17, 15) is 13.2 Å². The molecule has 0 bridgehead atoms. The number of benzene rings is 3. The van der Waals surface area contributed by atoms with Gasteiger partial charge in [-0.1, -0.05) is 36.4 Å². The van der Waals surface area contributed by atoms with Crippen LogP contribution in [0, 0.1) is 6.92 Å². The van der Waals surface area contributed by atoms with Gasteiger partial charge in [0.2, 0.25) is 10.0 Å². The van der Waals surface area contributed by atoms with Crippen LogP contribution in [-0.2, 0) is 14.8 Å². The van der Waals surface area contributed by atoms with E-state index in [1.807, 2.05) is 41.3 Å². The zero-order valence-electron chi connectivity index (χ0n) is 25.0. The number of amides is 1. The van der Waals surface area contributed by atoms with Gasteiger partial charge in [0.25, 0.3) is 5.91 Å². The second-order valence-electron chi connectivity index (χ2n) is 11.3. The molecule has 0 spiro atoms. The summed E-state index contributed by atoms with van der Waals surface area (Å²) in [7, 11) is -2.20. The van der Waals surface area contributed by atoms with Gasteiger partial charge in [0.15, 0.2) is 5.82 Å². The highest BCUT2D eigenvalue weighted by atomic mass is 32.2. The van der Waals surface area contributed by atoms with Gasteiger partial charge in [0.1, 0.15) is 11.4 Å². The van der Waals surface area contributed by atoms with Crippen LogP contribution in [0.1, 0.15) is 48.0 Å². The summed E-state index contributed by atoms with van der Waals surface area (Å²) in [5, 5.41) is 14.0. The number of nitrogens with one attached hydrogen (secondary N) is 2. The molecule has 2 fully saturated rings. The Labute approximate surface area is 257 Å². The van der Waals surface area contributed by atoms with Crippen LogP contribution in [-0.4, -0.2) is 68.9 Å². The van der Waals surface area contributed by atoms with E-state index < -0.39 is 10.0 Å². The Kier molecular flexibility index (Phi) is 8.79. The molecule has 4 aromatic rings. The number of fused-ring (bicyclic) bond motifs is 1. The lowest BCUT2D eigenvalue weighted by Crippen LogP contribution is -2.35. The lowest BCUT2D eigenvalue weighted by molar-refractivity contribution is 0.0721. The number of hydrogen-bond acceptors (Lipinski definition) is 8. The van der Waals surface area contributed by atoms with E-state index in [0.29, 0.717) is 46.2 Å². The normalized spacial score (nSPS) is 17.1. The van der Waals surface area contributed by atoms with E-state index >= 15 is 0 Å². The number of nitrogens with zero attached hydrogens (tertiary/aromatic N) is 3. The Hall–Kier alpha value is -4.06. The molecule has 6 rings (SSSR count). The second-order valence-corrected chi connectivity index (χ2v) is 13.0. The number of ether oxygens (including phenoxy) is 2. The number of carbonyl (C=O) groups is 1. The molecule has 230 valence electrons. The molecule has 1 atom stereocenters. The van der Waals surface area contributed by atoms with Crippen LogP contribution in [0.5, 0.6) is 5.75 Å². The largest absolute Gasteiger partial charge is 0.496 e. The number of aromatic nitrogens is 2. The number of aryl methyl sites for hydroxylation is 1. The molecular weight excluding hydrogens is 578 g/mol. The van der Waals surface area contributed by atoms with Crippen molar-refractivity contribution in [2.45, 2.75) is 50.0 Å². The zero-order valence-corrected chi connectivity index (χ0v) is 25.8. The van der Waals surface area contributed by atoms with E-state index in [2.05, 4.69) is 20.2 Å². The topological polar surface area (TPSA) is 123 Å². The van der Waals surface area contributed by atoms with Gasteiger partial charge in [-0.2, -0.15) is 0 Å². The highest BCUT2D eigenvalue weighted by molar-refractivity contribution is 7.89. The van der Waals surface area contributed by atoms with Crippen molar-refractivity contribution in [2.75, 3.05) is 38.7 Å². The minimum absolute atomic E-state index is 0.0492. The van der Waals surface area contributed by atoms with Crippen LogP contribution in [0.15, 0.2) is 65.6 Å². The van der Waals surface area contributed by atoms with Gasteiger partial charge in [-0.05, 0) is 68.9 Å². The highest BCUT2D eigenvalue weighted by Crippen LogP contribution is 2.34. The molecule has 0 unspecified atom stereocenters. The predicted octanol–water partition coefficient (Wildman–Crippen LogP) is 5.44. The summed E-state index contributed by atoms with van der Waals surface area (Å²) in [4.78, 5) is 15.4. The molecule has 0 saturated carbocycles. The molecule has 2 aliphatic rings. The maximum Gasteiger partial charge on any atom is 0.257 e. The Bertz CT molecular complexity index is 1780. The molecule has 2 N–H and O–H groups in total. The third kappa shape index (κ3) is 6.26. The van der Waals surface area contributed by atoms with Crippen molar-refractivity contribution in [1.29, 1.82) is 0 Å². The molecule has 2 aliphatic heterocycles. The van der Waals surface area contributed by atoms with Gasteiger partial charge < -0.3 is 19.7 Å². The molecule has 0 aliphatic carbocycles. The lowest BCUT2D eigenvalue weighted by Gasteiger charge is -2.27. The highest BCUT2D eigenvalue weighted by Gasteiger charge is 2.24. The summed E-state index contributed by atoms with van der Waals surface area (Å²) >= 11 is 0. The van der Waals surface area contributed by atoms with Crippen molar-refractivity contribution in [3.05, 3.63) is 71.8 Å². The van der Waals surface area contributed by atoms with Crippen LogP contribution >= 0.6 is 0 Å². The smallest absolute Gasteiger partial charge is 0.257 e. The van der Waals surface area contributed by atoms with Crippen LogP contribution in [0.3, 0.4) is 0 Å². The number of methoxy groups -OCH3 is 1. The molecule has 1 aromatic heterocycles. The third-order valence-corrected chi connectivity index (χ3v) is 9.86. The fourth-order valence-electron chi connectivity index (χ4n) is 5.89. The fraction of sp³-hybridized carbons (Fsp3) is 0.364. The standard InChI is InChI=1S/C33H37N5O5S/c1-22-12-13-23(19-30(22)44(40,41)34-21-25-9-8-18-43-25)31-26-10-4-5-11-27(26)32(37-36-31)35-24-14-15-29(42-2)28(20-24)33(39)38-16-6-3-7-17-38/h4-5,10-15,19-20,25,34H,3,6-9,16-18,21H2,1-2H3,(H,35,37)/t25-/m0/s1. The summed E-state index contributed by atoms with van der Waals surface area (Å²) in [6.07, 6.45) is 4.81. The number of sulfonamides is 1. The predicted molar refractivity (Wildman–Crippen MR) is 170 cm³/mol. The molecular formula is C33H37N5O5S. The molecule has 44 heavy (non-hydrogen) atoms. The van der Waals surface area contributed by atoms with Crippen LogP contribution < -0.4 is 14.8 Å². The average Bonchev–Trinajstić information content (AvgIpc) is 3.58. The van der Waals surface area contributed by atoms with Crippen molar-refractivity contribution >= 4 is 38.2 Å². The average molecular weight is 616 g/mol. The molecule has 10 nitrogen and oxygen atoms in total. The van der Waals surface area contributed by atoms with Crippen LogP contribution in [0.25, 0.3) is 22.0 Å². The SMILES string of the molecule is COc1ccc(Nc2nnc(-c3ccc(C)c(S(=O)(=O)NC[C@@H]4CCCO4)c3)c3ccccc23)cc1C(=O)N1CCCCC1. The number of piperidine rings is 1.